The average Bonchev–Trinajstić information content (AvgIpc) is 3.25. The Balaban J connectivity index is 0.00000341. The molecule has 5 nitrogen and oxygen atoms in total. The number of hydrogen-bond donors (Lipinski definition) is 2. The summed E-state index contributed by atoms with van der Waals surface area (Å²) in [7, 11) is 3.61. The van der Waals surface area contributed by atoms with Gasteiger partial charge in [0.2, 0.25) is 5.91 Å². The third kappa shape index (κ3) is 6.59. The number of aliphatic imine (C=N–C) groups is 1. The van der Waals surface area contributed by atoms with Crippen molar-refractivity contribution in [1.82, 2.24) is 15.5 Å². The van der Waals surface area contributed by atoms with Crippen molar-refractivity contribution in [2.45, 2.75) is 70.1 Å². The lowest BCUT2D eigenvalue weighted by Gasteiger charge is -2.36. The summed E-state index contributed by atoms with van der Waals surface area (Å²) in [4.78, 5) is 18.6. The largest absolute Gasteiger partial charge is 0.359 e. The quantitative estimate of drug-likeness (QED) is 0.314. The number of nitrogens with one attached hydrogen (secondary N) is 2. The molecule has 6 heteroatoms. The lowest BCUT2D eigenvalue weighted by Crippen LogP contribution is -2.49. The fourth-order valence-electron chi connectivity index (χ4n) is 5.13. The fourth-order valence-corrected chi connectivity index (χ4v) is 5.13. The smallest absolute Gasteiger partial charge is 0.220 e. The van der Waals surface area contributed by atoms with Gasteiger partial charge in [0.15, 0.2) is 5.96 Å². The van der Waals surface area contributed by atoms with E-state index in [9.17, 15) is 4.79 Å². The van der Waals surface area contributed by atoms with Gasteiger partial charge in [-0.3, -0.25) is 9.79 Å². The lowest BCUT2D eigenvalue weighted by atomic mass is 9.78. The molecule has 0 spiro atoms. The van der Waals surface area contributed by atoms with E-state index >= 15 is 0 Å². The second-order valence-electron chi connectivity index (χ2n) is 9.47. The molecule has 1 saturated heterocycles. The van der Waals surface area contributed by atoms with Crippen molar-refractivity contribution in [2.24, 2.45) is 10.9 Å². The Hall–Kier alpha value is -1.31. The van der Waals surface area contributed by atoms with Gasteiger partial charge in [0.25, 0.3) is 0 Å². The number of hydrogen-bond acceptors (Lipinski definition) is 2. The zero-order valence-corrected chi connectivity index (χ0v) is 22.1. The van der Waals surface area contributed by atoms with Crippen LogP contribution in [0.5, 0.6) is 0 Å². The molecule has 0 unspecified atom stereocenters. The summed E-state index contributed by atoms with van der Waals surface area (Å²) in [5.74, 6) is 2.22. The van der Waals surface area contributed by atoms with Crippen LogP contribution in [-0.2, 0) is 10.2 Å². The van der Waals surface area contributed by atoms with E-state index in [0.29, 0.717) is 18.3 Å². The third-order valence-electron chi connectivity index (χ3n) is 7.21. The van der Waals surface area contributed by atoms with E-state index in [0.717, 1.165) is 38.4 Å². The van der Waals surface area contributed by atoms with E-state index in [1.165, 1.54) is 36.8 Å². The van der Waals surface area contributed by atoms with Crippen LogP contribution < -0.4 is 10.6 Å². The molecule has 1 aliphatic heterocycles. The first-order chi connectivity index (χ1) is 14.5. The molecule has 1 aromatic rings. The first-order valence-electron chi connectivity index (χ1n) is 11.7. The second kappa shape index (κ2) is 12.1. The Morgan fingerprint density at radius 3 is 2.29 bits per heavy atom. The first-order valence-corrected chi connectivity index (χ1v) is 11.7. The summed E-state index contributed by atoms with van der Waals surface area (Å²) in [6, 6.07) is 9.34. The van der Waals surface area contributed by atoms with Gasteiger partial charge in [0.05, 0.1) is 0 Å². The van der Waals surface area contributed by atoms with E-state index in [1.54, 1.807) is 7.05 Å². The van der Waals surface area contributed by atoms with Gasteiger partial charge in [-0.05, 0) is 48.6 Å². The molecule has 2 aliphatic rings. The van der Waals surface area contributed by atoms with Gasteiger partial charge in [0, 0.05) is 45.6 Å². The maximum atomic E-state index is 11.7. The molecule has 3 rings (SSSR count). The maximum absolute atomic E-state index is 11.7. The molecule has 1 aromatic carbocycles. The molecule has 2 N–H and O–H groups in total. The van der Waals surface area contributed by atoms with Crippen LogP contribution >= 0.6 is 24.0 Å². The van der Waals surface area contributed by atoms with E-state index in [1.807, 2.05) is 7.05 Å². The number of carbonyl (C=O) groups excluding carboxylic acids is 1. The third-order valence-corrected chi connectivity index (χ3v) is 7.21. The highest BCUT2D eigenvalue weighted by Crippen LogP contribution is 2.41. The number of nitrogens with zero attached hydrogens (tertiary/aromatic N) is 2. The Morgan fingerprint density at radius 1 is 1.16 bits per heavy atom. The second-order valence-corrected chi connectivity index (χ2v) is 9.47. The molecule has 0 bridgehead atoms. The minimum Gasteiger partial charge on any atom is -0.359 e. The summed E-state index contributed by atoms with van der Waals surface area (Å²) in [5.41, 5.74) is 3.09. The van der Waals surface area contributed by atoms with E-state index in [-0.39, 0.29) is 35.3 Å². The summed E-state index contributed by atoms with van der Waals surface area (Å²) < 4.78 is 0. The number of rotatable bonds is 6. The predicted octanol–water partition coefficient (Wildman–Crippen LogP) is 4.66. The highest BCUT2D eigenvalue weighted by atomic mass is 127. The van der Waals surface area contributed by atoms with Crippen molar-refractivity contribution < 1.29 is 4.79 Å². The van der Waals surface area contributed by atoms with Crippen molar-refractivity contribution in [2.75, 3.05) is 33.7 Å². The van der Waals surface area contributed by atoms with Crippen LogP contribution in [0, 0.1) is 5.92 Å². The molecule has 1 aliphatic carbocycles. The van der Waals surface area contributed by atoms with Gasteiger partial charge < -0.3 is 15.5 Å². The van der Waals surface area contributed by atoms with Crippen LogP contribution in [0.25, 0.3) is 0 Å². The van der Waals surface area contributed by atoms with Crippen molar-refractivity contribution >= 4 is 35.8 Å². The number of halogens is 1. The summed E-state index contributed by atoms with van der Waals surface area (Å²) in [5, 5.41) is 6.47. The van der Waals surface area contributed by atoms with Crippen LogP contribution in [-0.4, -0.2) is 50.5 Å². The molecule has 0 aromatic heterocycles. The number of piperidine rings is 1. The van der Waals surface area contributed by atoms with Gasteiger partial charge in [-0.25, -0.2) is 0 Å². The van der Waals surface area contributed by atoms with Crippen LogP contribution in [0.4, 0.5) is 0 Å². The van der Waals surface area contributed by atoms with Crippen LogP contribution in [0.15, 0.2) is 29.3 Å². The fraction of sp³-hybridized carbons (Fsp3) is 0.680. The monoisotopic (exact) mass is 540 g/mol. The Kier molecular flexibility index (Phi) is 10.1. The molecular formula is C25H41IN4O. The van der Waals surface area contributed by atoms with Gasteiger partial charge in [0.1, 0.15) is 0 Å². The summed E-state index contributed by atoms with van der Waals surface area (Å²) in [6.45, 7) is 7.39. The topological polar surface area (TPSA) is 56.7 Å². The van der Waals surface area contributed by atoms with Crippen LogP contribution in [0.1, 0.15) is 75.8 Å². The molecule has 1 heterocycles. The number of guanidine groups is 1. The maximum Gasteiger partial charge on any atom is 0.220 e. The van der Waals surface area contributed by atoms with Gasteiger partial charge in [-0.1, -0.05) is 51.0 Å². The molecule has 2 fully saturated rings. The molecule has 0 atom stereocenters. The standard InChI is InChI=1S/C25H40N4O.HI/c1-19(2)21-7-9-22(10-8-21)25(13-5-6-14-25)18-28-24(27-4)29-15-11-20(12-16-29)17-23(30)26-3;/h7-10,19-20H,5-6,11-18H2,1-4H3,(H,26,30)(H,27,28);1H. The van der Waals surface area contributed by atoms with Crippen molar-refractivity contribution in [3.8, 4) is 0 Å². The van der Waals surface area contributed by atoms with E-state index in [2.05, 4.69) is 58.6 Å². The molecular weight excluding hydrogens is 499 g/mol. The lowest BCUT2D eigenvalue weighted by molar-refractivity contribution is -0.121. The number of likely N-dealkylation sites (tertiary alicyclic amines) is 1. The highest BCUT2D eigenvalue weighted by Gasteiger charge is 2.36. The number of benzene rings is 1. The SMILES string of the molecule is CN=C(NCC1(c2ccc(C(C)C)cc2)CCCC1)N1CCC(CC(=O)NC)CC1.I. The van der Waals surface area contributed by atoms with Gasteiger partial charge in [-0.2, -0.15) is 0 Å². The minimum atomic E-state index is 0. The van der Waals surface area contributed by atoms with Crippen LogP contribution in [0.3, 0.4) is 0 Å². The number of carbonyl (C=O) groups is 1. The van der Waals surface area contributed by atoms with E-state index < -0.39 is 0 Å². The summed E-state index contributed by atoms with van der Waals surface area (Å²) in [6.07, 6.45) is 7.84. The minimum absolute atomic E-state index is 0. The number of amides is 1. The first kappa shape index (κ1) is 25.9. The van der Waals surface area contributed by atoms with Crippen molar-refractivity contribution in [3.05, 3.63) is 35.4 Å². The predicted molar refractivity (Wildman–Crippen MR) is 140 cm³/mol. The van der Waals surface area contributed by atoms with Gasteiger partial charge >= 0.3 is 0 Å². The Labute approximate surface area is 205 Å². The molecule has 31 heavy (non-hydrogen) atoms. The molecule has 1 saturated carbocycles. The average molecular weight is 541 g/mol. The zero-order chi connectivity index (χ0) is 21.6. The summed E-state index contributed by atoms with van der Waals surface area (Å²) >= 11 is 0. The Bertz CT molecular complexity index is 718. The molecule has 0 radical (unpaired) electrons. The van der Waals surface area contributed by atoms with Crippen molar-refractivity contribution in [3.63, 3.8) is 0 Å². The van der Waals surface area contributed by atoms with Gasteiger partial charge in [-0.15, -0.1) is 24.0 Å². The Morgan fingerprint density at radius 2 is 1.77 bits per heavy atom. The molecule has 1 amide bonds. The van der Waals surface area contributed by atoms with Crippen LogP contribution in [0.2, 0.25) is 0 Å². The van der Waals surface area contributed by atoms with Crippen molar-refractivity contribution in [1.29, 1.82) is 0 Å². The van der Waals surface area contributed by atoms with E-state index in [4.69, 9.17) is 0 Å². The molecule has 174 valence electrons. The zero-order valence-electron chi connectivity index (χ0n) is 19.7. The highest BCUT2D eigenvalue weighted by molar-refractivity contribution is 14.0. The normalized spacial score (nSPS) is 19.3.